The third-order valence-electron chi connectivity index (χ3n) is 3.78. The summed E-state index contributed by atoms with van der Waals surface area (Å²) in [6.07, 6.45) is 1.84. The number of oxime groups is 1. The van der Waals surface area contributed by atoms with Crippen molar-refractivity contribution >= 4 is 11.7 Å². The fourth-order valence-corrected chi connectivity index (χ4v) is 2.66. The van der Waals surface area contributed by atoms with Gasteiger partial charge in [0.15, 0.2) is 0 Å². The molecule has 0 saturated heterocycles. The molecule has 4 nitrogen and oxygen atoms in total. The topological polar surface area (TPSA) is 69.9 Å². The van der Waals surface area contributed by atoms with E-state index in [4.69, 9.17) is 10.3 Å². The molecule has 0 spiro atoms. The van der Waals surface area contributed by atoms with Gasteiger partial charge in [0.1, 0.15) is 11.6 Å². The molecule has 1 aromatic rings. The largest absolute Gasteiger partial charge is 0.481 e. The summed E-state index contributed by atoms with van der Waals surface area (Å²) in [7, 11) is 0. The van der Waals surface area contributed by atoms with Gasteiger partial charge >= 0.3 is 5.97 Å². The summed E-state index contributed by atoms with van der Waals surface area (Å²) in [5, 5.41) is 21.1. The molecule has 0 aromatic heterocycles. The molecule has 2 N–H and O–H groups in total. The molecule has 0 heterocycles. The molecule has 1 aromatic carbocycles. The fraction of sp³-hybridized carbons (Fsp3) is 0.429. The summed E-state index contributed by atoms with van der Waals surface area (Å²) in [6, 6.07) is 2.97. The van der Waals surface area contributed by atoms with Crippen LogP contribution in [-0.2, 0) is 4.79 Å². The molecule has 1 aliphatic rings. The SMILES string of the molecule is O=C(O)C1CCC(C(=NO)c2cc(F)ccc2F)CC1. The lowest BCUT2D eigenvalue weighted by Crippen LogP contribution is -2.27. The zero-order chi connectivity index (χ0) is 14.7. The molecule has 0 radical (unpaired) electrons. The second-order valence-electron chi connectivity index (χ2n) is 5.00. The molecule has 1 saturated carbocycles. The van der Waals surface area contributed by atoms with Crippen LogP contribution in [-0.4, -0.2) is 22.0 Å². The zero-order valence-electron chi connectivity index (χ0n) is 10.7. The second kappa shape index (κ2) is 5.98. The van der Waals surface area contributed by atoms with Crippen LogP contribution in [0.4, 0.5) is 8.78 Å². The van der Waals surface area contributed by atoms with Gasteiger partial charge in [-0.25, -0.2) is 8.78 Å². The van der Waals surface area contributed by atoms with E-state index in [2.05, 4.69) is 5.16 Å². The molecular formula is C14H15F2NO3. The van der Waals surface area contributed by atoms with Crippen molar-refractivity contribution in [3.05, 3.63) is 35.4 Å². The van der Waals surface area contributed by atoms with Gasteiger partial charge in [0, 0.05) is 11.5 Å². The van der Waals surface area contributed by atoms with E-state index in [0.717, 1.165) is 18.2 Å². The predicted molar refractivity (Wildman–Crippen MR) is 67.8 cm³/mol. The van der Waals surface area contributed by atoms with Crippen molar-refractivity contribution in [1.29, 1.82) is 0 Å². The molecule has 0 bridgehead atoms. The van der Waals surface area contributed by atoms with Crippen molar-refractivity contribution in [2.75, 3.05) is 0 Å². The molecule has 0 aliphatic heterocycles. The van der Waals surface area contributed by atoms with Crippen LogP contribution < -0.4 is 0 Å². The van der Waals surface area contributed by atoms with E-state index >= 15 is 0 Å². The van der Waals surface area contributed by atoms with Crippen molar-refractivity contribution in [1.82, 2.24) is 0 Å². The van der Waals surface area contributed by atoms with Crippen molar-refractivity contribution in [2.24, 2.45) is 17.0 Å². The summed E-state index contributed by atoms with van der Waals surface area (Å²) in [4.78, 5) is 10.9. The predicted octanol–water partition coefficient (Wildman–Crippen LogP) is 3.03. The summed E-state index contributed by atoms with van der Waals surface area (Å²) in [6.45, 7) is 0. The third-order valence-corrected chi connectivity index (χ3v) is 3.78. The number of aliphatic carboxylic acids is 1. The maximum absolute atomic E-state index is 13.7. The summed E-state index contributed by atoms with van der Waals surface area (Å²) >= 11 is 0. The van der Waals surface area contributed by atoms with E-state index in [-0.39, 0.29) is 17.2 Å². The average Bonchev–Trinajstić information content (AvgIpc) is 2.44. The molecule has 108 valence electrons. The Bertz CT molecular complexity index is 537. The molecule has 0 amide bonds. The van der Waals surface area contributed by atoms with E-state index < -0.39 is 23.5 Å². The normalized spacial score (nSPS) is 23.6. The summed E-state index contributed by atoms with van der Waals surface area (Å²) < 4.78 is 26.9. The molecule has 0 unspecified atom stereocenters. The first-order valence-corrected chi connectivity index (χ1v) is 6.43. The quantitative estimate of drug-likeness (QED) is 0.509. The molecule has 1 fully saturated rings. The maximum Gasteiger partial charge on any atom is 0.306 e. The Morgan fingerprint density at radius 3 is 2.30 bits per heavy atom. The van der Waals surface area contributed by atoms with Crippen LogP contribution in [0.2, 0.25) is 0 Å². The van der Waals surface area contributed by atoms with E-state index in [9.17, 15) is 13.6 Å². The number of rotatable bonds is 3. The standard InChI is InChI=1S/C14H15F2NO3/c15-10-5-6-12(16)11(7-10)13(17-20)8-1-3-9(4-2-8)14(18)19/h5-9,20H,1-4H2,(H,18,19). The van der Waals surface area contributed by atoms with Crippen LogP contribution in [0.25, 0.3) is 0 Å². The minimum atomic E-state index is -0.845. The Kier molecular flexibility index (Phi) is 4.32. The molecule has 0 atom stereocenters. The first-order chi connectivity index (χ1) is 9.52. The number of carboxylic acids is 1. The van der Waals surface area contributed by atoms with Gasteiger partial charge in [0.25, 0.3) is 0 Å². The monoisotopic (exact) mass is 283 g/mol. The minimum absolute atomic E-state index is 0.0636. The Morgan fingerprint density at radius 2 is 1.75 bits per heavy atom. The number of carbonyl (C=O) groups is 1. The van der Waals surface area contributed by atoms with Crippen LogP contribution in [0.5, 0.6) is 0 Å². The van der Waals surface area contributed by atoms with Crippen LogP contribution in [0.1, 0.15) is 31.2 Å². The first-order valence-electron chi connectivity index (χ1n) is 6.43. The van der Waals surface area contributed by atoms with Crippen molar-refractivity contribution in [3.63, 3.8) is 0 Å². The highest BCUT2D eigenvalue weighted by Crippen LogP contribution is 2.32. The lowest BCUT2D eigenvalue weighted by atomic mass is 9.78. The van der Waals surface area contributed by atoms with Gasteiger partial charge in [-0.2, -0.15) is 0 Å². The maximum atomic E-state index is 13.7. The molecule has 20 heavy (non-hydrogen) atoms. The Morgan fingerprint density at radius 1 is 1.15 bits per heavy atom. The summed E-state index contributed by atoms with van der Waals surface area (Å²) in [5.41, 5.74) is 0.0251. The van der Waals surface area contributed by atoms with Gasteiger partial charge < -0.3 is 10.3 Å². The highest BCUT2D eigenvalue weighted by Gasteiger charge is 2.30. The van der Waals surface area contributed by atoms with Gasteiger partial charge in [0.05, 0.1) is 11.6 Å². The van der Waals surface area contributed by atoms with E-state index in [1.807, 2.05) is 0 Å². The number of hydrogen-bond donors (Lipinski definition) is 2. The van der Waals surface area contributed by atoms with Crippen molar-refractivity contribution in [2.45, 2.75) is 25.7 Å². The highest BCUT2D eigenvalue weighted by atomic mass is 19.1. The number of nitrogens with zero attached hydrogens (tertiary/aromatic N) is 1. The minimum Gasteiger partial charge on any atom is -0.481 e. The van der Waals surface area contributed by atoms with Gasteiger partial charge in [-0.1, -0.05) is 5.16 Å². The second-order valence-corrected chi connectivity index (χ2v) is 5.00. The van der Waals surface area contributed by atoms with E-state index in [0.29, 0.717) is 25.7 Å². The lowest BCUT2D eigenvalue weighted by Gasteiger charge is -2.26. The fourth-order valence-electron chi connectivity index (χ4n) is 2.66. The molecule has 1 aliphatic carbocycles. The smallest absolute Gasteiger partial charge is 0.306 e. The number of halogens is 2. The van der Waals surface area contributed by atoms with E-state index in [1.165, 1.54) is 0 Å². The van der Waals surface area contributed by atoms with Gasteiger partial charge in [-0.05, 0) is 43.9 Å². The van der Waals surface area contributed by atoms with Crippen LogP contribution in [0.3, 0.4) is 0 Å². The average molecular weight is 283 g/mol. The van der Waals surface area contributed by atoms with Crippen LogP contribution in [0, 0.1) is 23.5 Å². The van der Waals surface area contributed by atoms with Crippen LogP contribution in [0.15, 0.2) is 23.4 Å². The first kappa shape index (κ1) is 14.4. The molecular weight excluding hydrogens is 268 g/mol. The Balaban J connectivity index is 2.18. The number of benzene rings is 1. The molecule has 6 heteroatoms. The van der Waals surface area contributed by atoms with Crippen molar-refractivity contribution < 1.29 is 23.9 Å². The van der Waals surface area contributed by atoms with Crippen molar-refractivity contribution in [3.8, 4) is 0 Å². The van der Waals surface area contributed by atoms with Gasteiger partial charge in [-0.3, -0.25) is 4.79 Å². The Labute approximate surface area is 114 Å². The van der Waals surface area contributed by atoms with Gasteiger partial charge in [-0.15, -0.1) is 0 Å². The summed E-state index contributed by atoms with van der Waals surface area (Å²) in [5.74, 6) is -2.78. The van der Waals surface area contributed by atoms with E-state index in [1.54, 1.807) is 0 Å². The third kappa shape index (κ3) is 2.95. The van der Waals surface area contributed by atoms with Crippen LogP contribution >= 0.6 is 0 Å². The van der Waals surface area contributed by atoms with Gasteiger partial charge in [0.2, 0.25) is 0 Å². The number of carboxylic acid groups (broad SMARTS) is 1. The zero-order valence-corrected chi connectivity index (χ0v) is 10.7. The Hall–Kier alpha value is -1.98. The highest BCUT2D eigenvalue weighted by molar-refractivity contribution is 6.02. The lowest BCUT2D eigenvalue weighted by molar-refractivity contribution is -0.142. The molecule has 2 rings (SSSR count). The number of hydrogen-bond acceptors (Lipinski definition) is 3.